The molecule has 0 aromatic heterocycles. The zero-order chi connectivity index (χ0) is 17.0. The van der Waals surface area contributed by atoms with Crippen molar-refractivity contribution in [2.75, 3.05) is 6.54 Å². The summed E-state index contributed by atoms with van der Waals surface area (Å²) in [7, 11) is 0. The van der Waals surface area contributed by atoms with Gasteiger partial charge < -0.3 is 26.3 Å². The Kier molecular flexibility index (Phi) is 5.70. The summed E-state index contributed by atoms with van der Waals surface area (Å²) in [5, 5.41) is 2.59. The maximum Gasteiger partial charge on any atom is 0.336 e. The summed E-state index contributed by atoms with van der Waals surface area (Å²) in [5.41, 5.74) is 8.10. The van der Waals surface area contributed by atoms with E-state index in [4.69, 9.17) is 16.2 Å². The summed E-state index contributed by atoms with van der Waals surface area (Å²) in [6.45, 7) is 5.56. The van der Waals surface area contributed by atoms with Gasteiger partial charge in [0.2, 0.25) is 0 Å². The molecule has 0 heterocycles. The van der Waals surface area contributed by atoms with Crippen molar-refractivity contribution in [2.45, 2.75) is 69.6 Å². The third kappa shape index (κ3) is 4.78. The summed E-state index contributed by atoms with van der Waals surface area (Å²) in [6, 6.07) is 0. The molecule has 1 rings (SSSR count). The second kappa shape index (κ2) is 6.75. The van der Waals surface area contributed by atoms with Gasteiger partial charge in [-0.1, -0.05) is 0 Å². The van der Waals surface area contributed by atoms with E-state index in [2.05, 4.69) is 5.32 Å². The van der Waals surface area contributed by atoms with E-state index in [9.17, 15) is 14.4 Å². The highest BCUT2D eigenvalue weighted by Gasteiger charge is 2.51. The van der Waals surface area contributed by atoms with Crippen LogP contribution in [0, 0.1) is 0 Å². The molecule has 0 radical (unpaired) electrons. The highest BCUT2D eigenvalue weighted by atomic mass is 16.6. The summed E-state index contributed by atoms with van der Waals surface area (Å²) in [6.07, 6.45) is 3.12. The Morgan fingerprint density at radius 3 is 2.27 bits per heavy atom. The molecule has 0 saturated heterocycles. The Labute approximate surface area is 131 Å². The fourth-order valence-electron chi connectivity index (χ4n) is 1.97. The number of aldehydes is 1. The van der Waals surface area contributed by atoms with Crippen molar-refractivity contribution in [2.24, 2.45) is 11.5 Å². The van der Waals surface area contributed by atoms with E-state index in [-0.39, 0.29) is 6.42 Å². The van der Waals surface area contributed by atoms with Crippen molar-refractivity contribution in [3.63, 3.8) is 0 Å². The van der Waals surface area contributed by atoms with Crippen LogP contribution in [0.25, 0.3) is 0 Å². The lowest BCUT2D eigenvalue weighted by Crippen LogP contribution is -2.63. The number of hydrogen-bond donors (Lipinski definition) is 3. The first-order valence-electron chi connectivity index (χ1n) is 7.60. The van der Waals surface area contributed by atoms with Crippen molar-refractivity contribution in [1.82, 2.24) is 5.32 Å². The fraction of sp³-hybridized carbons (Fsp3) is 0.800. The van der Waals surface area contributed by atoms with Gasteiger partial charge in [0.1, 0.15) is 11.9 Å². The molecule has 0 aromatic carbocycles. The fourth-order valence-corrected chi connectivity index (χ4v) is 1.97. The number of nitrogens with one attached hydrogen (secondary N) is 1. The molecule has 1 atom stereocenters. The largest absolute Gasteiger partial charge is 0.458 e. The predicted molar refractivity (Wildman–Crippen MR) is 81.8 cm³/mol. The molecule has 7 heteroatoms. The Balaban J connectivity index is 2.87. The van der Waals surface area contributed by atoms with Crippen LogP contribution in [0.4, 0.5) is 0 Å². The first-order chi connectivity index (χ1) is 10.1. The van der Waals surface area contributed by atoms with Crippen LogP contribution in [0.3, 0.4) is 0 Å². The van der Waals surface area contributed by atoms with Crippen LogP contribution in [0.2, 0.25) is 0 Å². The van der Waals surface area contributed by atoms with Gasteiger partial charge in [0.25, 0.3) is 5.91 Å². The highest BCUT2D eigenvalue weighted by molar-refractivity contribution is 6.08. The smallest absolute Gasteiger partial charge is 0.336 e. The van der Waals surface area contributed by atoms with Gasteiger partial charge in [0.05, 0.1) is 5.54 Å². The summed E-state index contributed by atoms with van der Waals surface area (Å²) in [4.78, 5) is 35.9. The Morgan fingerprint density at radius 1 is 1.27 bits per heavy atom. The van der Waals surface area contributed by atoms with E-state index >= 15 is 0 Å². The normalized spacial score (nSPS) is 19.0. The molecular formula is C15H27N3O4. The topological polar surface area (TPSA) is 125 Å². The zero-order valence-corrected chi connectivity index (χ0v) is 13.6. The first kappa shape index (κ1) is 18.6. The minimum atomic E-state index is -1.80. The van der Waals surface area contributed by atoms with E-state index in [0.717, 1.165) is 0 Å². The number of carbonyl (C=O) groups is 3. The molecule has 0 aliphatic heterocycles. The molecule has 1 amide bonds. The van der Waals surface area contributed by atoms with Crippen LogP contribution in [-0.4, -0.2) is 41.4 Å². The number of esters is 1. The molecule has 5 N–H and O–H groups in total. The minimum absolute atomic E-state index is 0.125. The van der Waals surface area contributed by atoms with E-state index in [1.807, 2.05) is 0 Å². The maximum atomic E-state index is 12.5. The first-order valence-corrected chi connectivity index (χ1v) is 7.60. The molecule has 0 bridgehead atoms. The second-order valence-corrected chi connectivity index (χ2v) is 6.95. The third-order valence-electron chi connectivity index (χ3n) is 3.57. The minimum Gasteiger partial charge on any atom is -0.458 e. The molecule has 0 unspecified atom stereocenters. The van der Waals surface area contributed by atoms with Crippen LogP contribution in [0.5, 0.6) is 0 Å². The number of nitrogens with two attached hydrogens (primary N) is 2. The van der Waals surface area contributed by atoms with Gasteiger partial charge in [0.15, 0.2) is 5.54 Å². The SMILES string of the molecule is CC(C)(C)OC(=O)[C@](N)(CCCCN)C(=O)NC1(C=O)CC1. The molecule has 1 aliphatic rings. The number of ether oxygens (including phenoxy) is 1. The number of hydrogen-bond acceptors (Lipinski definition) is 6. The number of rotatable bonds is 8. The Morgan fingerprint density at radius 2 is 1.86 bits per heavy atom. The van der Waals surface area contributed by atoms with Gasteiger partial charge in [-0.3, -0.25) is 4.79 Å². The van der Waals surface area contributed by atoms with Crippen molar-refractivity contribution >= 4 is 18.2 Å². The lowest BCUT2D eigenvalue weighted by Gasteiger charge is -2.31. The van der Waals surface area contributed by atoms with Gasteiger partial charge in [0, 0.05) is 0 Å². The molecule has 0 spiro atoms. The average molecular weight is 313 g/mol. The van der Waals surface area contributed by atoms with Crippen LogP contribution >= 0.6 is 0 Å². The standard InChI is InChI=1S/C15H27N3O4/c1-13(2,3)22-12(21)15(17,6-4-5-9-16)11(20)18-14(10-19)7-8-14/h10H,4-9,16-17H2,1-3H3,(H,18,20)/t15-/m0/s1. The van der Waals surface area contributed by atoms with E-state index in [1.54, 1.807) is 20.8 Å². The second-order valence-electron chi connectivity index (χ2n) is 6.95. The quantitative estimate of drug-likeness (QED) is 0.251. The lowest BCUT2D eigenvalue weighted by atomic mass is 9.91. The average Bonchev–Trinajstić information content (AvgIpc) is 3.17. The maximum absolute atomic E-state index is 12.5. The highest BCUT2D eigenvalue weighted by Crippen LogP contribution is 2.33. The Hall–Kier alpha value is -1.47. The molecular weight excluding hydrogens is 286 g/mol. The summed E-state index contributed by atoms with van der Waals surface area (Å²) in [5.74, 6) is -1.44. The van der Waals surface area contributed by atoms with Gasteiger partial charge in [-0.15, -0.1) is 0 Å². The van der Waals surface area contributed by atoms with E-state index < -0.39 is 28.6 Å². The predicted octanol–water partition coefficient (Wildman–Crippen LogP) is 0.00230. The van der Waals surface area contributed by atoms with Crippen LogP contribution in [0.15, 0.2) is 0 Å². The van der Waals surface area contributed by atoms with Crippen molar-refractivity contribution in [3.8, 4) is 0 Å². The van der Waals surface area contributed by atoms with Gasteiger partial charge in [-0.2, -0.15) is 0 Å². The monoisotopic (exact) mass is 313 g/mol. The van der Waals surface area contributed by atoms with Crippen LogP contribution in [0.1, 0.15) is 52.9 Å². The molecule has 22 heavy (non-hydrogen) atoms. The van der Waals surface area contributed by atoms with Gasteiger partial charge in [-0.25, -0.2) is 4.79 Å². The van der Waals surface area contributed by atoms with Gasteiger partial charge in [-0.05, 0) is 59.4 Å². The molecule has 1 aliphatic carbocycles. The van der Waals surface area contributed by atoms with E-state index in [1.165, 1.54) is 0 Å². The van der Waals surface area contributed by atoms with Crippen molar-refractivity contribution in [3.05, 3.63) is 0 Å². The van der Waals surface area contributed by atoms with E-state index in [0.29, 0.717) is 38.5 Å². The molecule has 0 aromatic rings. The summed E-state index contributed by atoms with van der Waals surface area (Å²) >= 11 is 0. The number of carbonyl (C=O) groups excluding carboxylic acids is 3. The van der Waals surface area contributed by atoms with Gasteiger partial charge >= 0.3 is 5.97 Å². The molecule has 126 valence electrons. The van der Waals surface area contributed by atoms with Crippen LogP contribution < -0.4 is 16.8 Å². The Bertz CT molecular complexity index is 441. The van der Waals surface area contributed by atoms with Crippen molar-refractivity contribution < 1.29 is 19.1 Å². The van der Waals surface area contributed by atoms with Crippen molar-refractivity contribution in [1.29, 1.82) is 0 Å². The third-order valence-corrected chi connectivity index (χ3v) is 3.57. The summed E-state index contributed by atoms with van der Waals surface area (Å²) < 4.78 is 5.28. The molecule has 1 saturated carbocycles. The lowest BCUT2D eigenvalue weighted by molar-refractivity contribution is -0.165. The number of amides is 1. The molecule has 7 nitrogen and oxygen atoms in total. The number of unbranched alkanes of at least 4 members (excludes halogenated alkanes) is 1. The van der Waals surface area contributed by atoms with Crippen LogP contribution in [-0.2, 0) is 19.1 Å². The molecule has 1 fully saturated rings. The zero-order valence-electron chi connectivity index (χ0n) is 13.6.